The zero-order valence-corrected chi connectivity index (χ0v) is 10.4. The molecule has 0 saturated carbocycles. The minimum absolute atomic E-state index is 0.000138. The lowest BCUT2D eigenvalue weighted by Gasteiger charge is -2.13. The molecule has 5 nitrogen and oxygen atoms in total. The van der Waals surface area contributed by atoms with Crippen molar-refractivity contribution in [3.05, 3.63) is 29.6 Å². The van der Waals surface area contributed by atoms with Gasteiger partial charge in [0.2, 0.25) is 0 Å². The first kappa shape index (κ1) is 14.0. The summed E-state index contributed by atoms with van der Waals surface area (Å²) in [7, 11) is 0. The highest BCUT2D eigenvalue weighted by molar-refractivity contribution is 5.96. The van der Waals surface area contributed by atoms with Crippen LogP contribution >= 0.6 is 0 Å². The Morgan fingerprint density at radius 1 is 1.72 bits per heavy atom. The van der Waals surface area contributed by atoms with Crippen LogP contribution in [0.5, 0.6) is 0 Å². The number of nitrogens with zero attached hydrogens (tertiary/aromatic N) is 2. The van der Waals surface area contributed by atoms with Crippen molar-refractivity contribution < 1.29 is 5.21 Å². The second kappa shape index (κ2) is 7.30. The maximum Gasteiger partial charge on any atom is 0.189 e. The molecule has 1 unspecified atom stereocenters. The number of nitrogens with two attached hydrogens (primary N) is 1. The van der Waals surface area contributed by atoms with Crippen molar-refractivity contribution >= 4 is 5.84 Å². The Kier molecular flexibility index (Phi) is 5.68. The van der Waals surface area contributed by atoms with Gasteiger partial charge in [-0.15, -0.1) is 6.42 Å². The molecular weight excluding hydrogens is 228 g/mol. The fourth-order valence-corrected chi connectivity index (χ4v) is 1.63. The molecule has 0 fully saturated rings. The molecule has 0 aliphatic carbocycles. The Labute approximate surface area is 107 Å². The second-order valence-electron chi connectivity index (χ2n) is 3.89. The molecule has 1 rings (SSSR count). The molecule has 0 amide bonds. The molecule has 18 heavy (non-hydrogen) atoms. The SMILES string of the molecule is C#CC(CCC)NCc1cccnc1/C(N)=N/O. The van der Waals surface area contributed by atoms with Crippen LogP contribution in [0, 0.1) is 12.3 Å². The number of terminal acetylenes is 1. The van der Waals surface area contributed by atoms with Gasteiger partial charge in [0.05, 0.1) is 6.04 Å². The molecule has 0 aromatic carbocycles. The molecule has 1 aromatic rings. The van der Waals surface area contributed by atoms with Gasteiger partial charge < -0.3 is 10.9 Å². The summed E-state index contributed by atoms with van der Waals surface area (Å²) in [6, 6.07) is 3.69. The summed E-state index contributed by atoms with van der Waals surface area (Å²) in [6.07, 6.45) is 8.96. The minimum Gasteiger partial charge on any atom is -0.409 e. The third kappa shape index (κ3) is 3.75. The quantitative estimate of drug-likeness (QED) is 0.230. The van der Waals surface area contributed by atoms with Crippen molar-refractivity contribution in [2.75, 3.05) is 0 Å². The lowest BCUT2D eigenvalue weighted by Crippen LogP contribution is -2.28. The van der Waals surface area contributed by atoms with Gasteiger partial charge in [-0.2, -0.15) is 0 Å². The minimum atomic E-state index is 0.000138. The Hall–Kier alpha value is -2.06. The van der Waals surface area contributed by atoms with Gasteiger partial charge in [-0.05, 0) is 18.1 Å². The lowest BCUT2D eigenvalue weighted by molar-refractivity contribution is 0.318. The van der Waals surface area contributed by atoms with Crippen LogP contribution in [0.1, 0.15) is 31.0 Å². The predicted molar refractivity (Wildman–Crippen MR) is 71.1 cm³/mol. The van der Waals surface area contributed by atoms with Crippen molar-refractivity contribution in [3.8, 4) is 12.3 Å². The highest BCUT2D eigenvalue weighted by Gasteiger charge is 2.09. The fraction of sp³-hybridized carbons (Fsp3) is 0.385. The number of oxime groups is 1. The smallest absolute Gasteiger partial charge is 0.189 e. The standard InChI is InChI=1S/C13H18N4O/c1-3-6-11(4-2)16-9-10-7-5-8-15-12(10)13(14)17-18/h2,5,7-8,11,16,18H,3,6,9H2,1H3,(H2,14,17). The molecule has 4 N–H and O–H groups in total. The number of amidine groups is 1. The average molecular weight is 246 g/mol. The highest BCUT2D eigenvalue weighted by atomic mass is 16.4. The molecule has 0 bridgehead atoms. The molecule has 0 spiro atoms. The number of aromatic nitrogens is 1. The van der Waals surface area contributed by atoms with Gasteiger partial charge in [0.15, 0.2) is 5.84 Å². The van der Waals surface area contributed by atoms with Crippen molar-refractivity contribution in [2.45, 2.75) is 32.4 Å². The maximum atomic E-state index is 8.69. The monoisotopic (exact) mass is 246 g/mol. The molecule has 0 radical (unpaired) electrons. The van der Waals surface area contributed by atoms with Gasteiger partial charge in [0, 0.05) is 12.7 Å². The summed E-state index contributed by atoms with van der Waals surface area (Å²) in [4.78, 5) is 4.09. The summed E-state index contributed by atoms with van der Waals surface area (Å²) in [5, 5.41) is 14.9. The first-order valence-electron chi connectivity index (χ1n) is 5.84. The van der Waals surface area contributed by atoms with E-state index >= 15 is 0 Å². The van der Waals surface area contributed by atoms with E-state index in [0.717, 1.165) is 18.4 Å². The molecule has 0 saturated heterocycles. The van der Waals surface area contributed by atoms with Crippen molar-refractivity contribution in [1.82, 2.24) is 10.3 Å². The number of hydrogen-bond donors (Lipinski definition) is 3. The normalized spacial score (nSPS) is 13.0. The lowest BCUT2D eigenvalue weighted by atomic mass is 10.1. The fourth-order valence-electron chi connectivity index (χ4n) is 1.63. The van der Waals surface area contributed by atoms with E-state index < -0.39 is 0 Å². The Morgan fingerprint density at radius 2 is 2.50 bits per heavy atom. The number of hydrogen-bond acceptors (Lipinski definition) is 4. The second-order valence-corrected chi connectivity index (χ2v) is 3.89. The molecule has 96 valence electrons. The molecule has 0 aliphatic heterocycles. The zero-order valence-electron chi connectivity index (χ0n) is 10.4. The zero-order chi connectivity index (χ0) is 13.4. The van der Waals surface area contributed by atoms with Crippen LogP contribution in [-0.4, -0.2) is 22.1 Å². The van der Waals surface area contributed by atoms with Crippen LogP contribution in [0.15, 0.2) is 23.5 Å². The predicted octanol–water partition coefficient (Wildman–Crippen LogP) is 1.07. The van der Waals surface area contributed by atoms with Crippen molar-refractivity contribution in [1.29, 1.82) is 0 Å². The molecule has 1 heterocycles. The van der Waals surface area contributed by atoms with E-state index in [4.69, 9.17) is 17.4 Å². The van der Waals surface area contributed by atoms with E-state index in [-0.39, 0.29) is 11.9 Å². The molecule has 1 atom stereocenters. The summed E-state index contributed by atoms with van der Waals surface area (Å²) < 4.78 is 0. The van der Waals surface area contributed by atoms with Crippen LogP contribution < -0.4 is 11.1 Å². The van der Waals surface area contributed by atoms with Gasteiger partial charge in [-0.3, -0.25) is 10.3 Å². The van der Waals surface area contributed by atoms with Gasteiger partial charge in [0.25, 0.3) is 0 Å². The topological polar surface area (TPSA) is 83.5 Å². The van der Waals surface area contributed by atoms with Gasteiger partial charge in [-0.1, -0.05) is 30.5 Å². The summed E-state index contributed by atoms with van der Waals surface area (Å²) >= 11 is 0. The summed E-state index contributed by atoms with van der Waals surface area (Å²) in [5.41, 5.74) is 6.89. The average Bonchev–Trinajstić information content (AvgIpc) is 2.43. The van der Waals surface area contributed by atoms with Crippen molar-refractivity contribution in [3.63, 3.8) is 0 Å². The van der Waals surface area contributed by atoms with Gasteiger partial charge in [-0.25, -0.2) is 0 Å². The third-order valence-electron chi connectivity index (χ3n) is 2.56. The number of pyridine rings is 1. The van der Waals surface area contributed by atoms with Crippen LogP contribution in [0.3, 0.4) is 0 Å². The third-order valence-corrected chi connectivity index (χ3v) is 2.56. The Bertz CT molecular complexity index is 451. The molecule has 1 aromatic heterocycles. The van der Waals surface area contributed by atoms with Crippen LogP contribution in [0.4, 0.5) is 0 Å². The largest absolute Gasteiger partial charge is 0.409 e. The van der Waals surface area contributed by atoms with Gasteiger partial charge in [0.1, 0.15) is 5.69 Å². The summed E-state index contributed by atoms with van der Waals surface area (Å²) in [6.45, 7) is 2.62. The molecular formula is C13H18N4O. The Balaban J connectivity index is 2.76. The maximum absolute atomic E-state index is 8.69. The Morgan fingerprint density at radius 3 is 3.11 bits per heavy atom. The number of rotatable bonds is 6. The van der Waals surface area contributed by atoms with E-state index in [9.17, 15) is 0 Å². The van der Waals surface area contributed by atoms with E-state index in [0.29, 0.717) is 12.2 Å². The van der Waals surface area contributed by atoms with Crippen molar-refractivity contribution in [2.24, 2.45) is 10.9 Å². The van der Waals surface area contributed by atoms with E-state index in [1.54, 1.807) is 12.3 Å². The van der Waals surface area contributed by atoms with Gasteiger partial charge >= 0.3 is 0 Å². The highest BCUT2D eigenvalue weighted by Crippen LogP contribution is 2.06. The van der Waals surface area contributed by atoms with E-state index in [2.05, 4.69) is 28.3 Å². The first-order chi connectivity index (χ1) is 8.72. The first-order valence-corrected chi connectivity index (χ1v) is 5.84. The van der Waals surface area contributed by atoms with E-state index in [1.807, 2.05) is 6.07 Å². The van der Waals surface area contributed by atoms with Crippen LogP contribution in [0.2, 0.25) is 0 Å². The van der Waals surface area contributed by atoms with E-state index in [1.165, 1.54) is 0 Å². The summed E-state index contributed by atoms with van der Waals surface area (Å²) in [5.74, 6) is 2.69. The van der Waals surface area contributed by atoms with Crippen LogP contribution in [-0.2, 0) is 6.54 Å². The van der Waals surface area contributed by atoms with Crippen LogP contribution in [0.25, 0.3) is 0 Å². The molecule has 5 heteroatoms. The number of nitrogens with one attached hydrogen (secondary N) is 1. The molecule has 0 aliphatic rings.